The fourth-order valence-electron chi connectivity index (χ4n) is 2.47. The first-order valence-electron chi connectivity index (χ1n) is 7.01. The second-order valence-electron chi connectivity index (χ2n) is 5.12. The molecular weight excluding hydrogens is 365 g/mol. The summed E-state index contributed by atoms with van der Waals surface area (Å²) in [4.78, 5) is 23.7. The highest BCUT2D eigenvalue weighted by atomic mass is 35.5. The molecule has 1 aromatic carbocycles. The molecule has 0 amide bonds. The number of benzene rings is 1. The molecule has 118 valence electrons. The van der Waals surface area contributed by atoms with Crippen LogP contribution in [0, 0.1) is 0 Å². The molecule has 3 aromatic heterocycles. The number of thiazole rings is 1. The minimum atomic E-state index is -0.183. The van der Waals surface area contributed by atoms with E-state index in [0.29, 0.717) is 31.9 Å². The average Bonchev–Trinajstić information content (AvgIpc) is 3.03. The maximum atomic E-state index is 12.4. The molecule has 0 saturated carbocycles. The standard InChI is InChI=1S/C17H9Cl2N3OS/c18-11-6-20-7-12(19)15(11)17-22-14(8-24-17)10-5-9-3-1-2-4-13(9)21-16(10)23/h1-8H,(H,21,23). The minimum absolute atomic E-state index is 0.183. The lowest BCUT2D eigenvalue weighted by Gasteiger charge is -2.02. The highest BCUT2D eigenvalue weighted by Crippen LogP contribution is 2.37. The smallest absolute Gasteiger partial charge is 0.257 e. The van der Waals surface area contributed by atoms with Gasteiger partial charge in [-0.25, -0.2) is 4.98 Å². The topological polar surface area (TPSA) is 58.6 Å². The quantitative estimate of drug-likeness (QED) is 0.536. The van der Waals surface area contributed by atoms with Crippen LogP contribution in [0.25, 0.3) is 32.7 Å². The van der Waals surface area contributed by atoms with Crippen LogP contribution in [0.3, 0.4) is 0 Å². The van der Waals surface area contributed by atoms with Gasteiger partial charge in [0.2, 0.25) is 0 Å². The van der Waals surface area contributed by atoms with Crippen molar-refractivity contribution >= 4 is 45.4 Å². The number of fused-ring (bicyclic) bond motifs is 1. The van der Waals surface area contributed by atoms with E-state index in [-0.39, 0.29) is 5.56 Å². The van der Waals surface area contributed by atoms with Gasteiger partial charge in [-0.1, -0.05) is 41.4 Å². The number of aromatic amines is 1. The van der Waals surface area contributed by atoms with E-state index >= 15 is 0 Å². The van der Waals surface area contributed by atoms with Crippen molar-refractivity contribution in [3.63, 3.8) is 0 Å². The van der Waals surface area contributed by atoms with Gasteiger partial charge in [0, 0.05) is 23.3 Å². The molecule has 0 aliphatic heterocycles. The van der Waals surface area contributed by atoms with Crippen molar-refractivity contribution in [2.24, 2.45) is 0 Å². The molecule has 4 rings (SSSR count). The highest BCUT2D eigenvalue weighted by molar-refractivity contribution is 7.13. The van der Waals surface area contributed by atoms with E-state index in [1.54, 1.807) is 0 Å². The number of nitrogens with zero attached hydrogens (tertiary/aromatic N) is 2. The van der Waals surface area contributed by atoms with E-state index in [1.807, 2.05) is 35.7 Å². The Hall–Kier alpha value is -2.21. The fraction of sp³-hybridized carbons (Fsp3) is 0. The maximum absolute atomic E-state index is 12.4. The van der Waals surface area contributed by atoms with E-state index in [2.05, 4.69) is 15.0 Å². The molecule has 0 bridgehead atoms. The molecule has 24 heavy (non-hydrogen) atoms. The molecule has 0 radical (unpaired) electrons. The lowest BCUT2D eigenvalue weighted by atomic mass is 10.1. The van der Waals surface area contributed by atoms with Crippen LogP contribution in [0.15, 0.2) is 52.9 Å². The number of para-hydroxylation sites is 1. The molecule has 0 spiro atoms. The van der Waals surface area contributed by atoms with Crippen molar-refractivity contribution < 1.29 is 0 Å². The maximum Gasteiger partial charge on any atom is 0.257 e. The van der Waals surface area contributed by atoms with Gasteiger partial charge in [-0.15, -0.1) is 11.3 Å². The third kappa shape index (κ3) is 2.60. The van der Waals surface area contributed by atoms with Crippen molar-refractivity contribution in [3.8, 4) is 21.8 Å². The van der Waals surface area contributed by atoms with Gasteiger partial charge in [0.1, 0.15) is 5.01 Å². The van der Waals surface area contributed by atoms with Gasteiger partial charge in [-0.05, 0) is 17.5 Å². The number of pyridine rings is 2. The second-order valence-corrected chi connectivity index (χ2v) is 6.79. The molecule has 0 atom stereocenters. The summed E-state index contributed by atoms with van der Waals surface area (Å²) in [5, 5.41) is 4.27. The first-order chi connectivity index (χ1) is 11.6. The number of hydrogen-bond acceptors (Lipinski definition) is 4. The lowest BCUT2D eigenvalue weighted by molar-refractivity contribution is 1.28. The average molecular weight is 374 g/mol. The van der Waals surface area contributed by atoms with Crippen molar-refractivity contribution in [3.05, 3.63) is 68.5 Å². The molecule has 7 heteroatoms. The summed E-state index contributed by atoms with van der Waals surface area (Å²) in [6, 6.07) is 9.45. The summed E-state index contributed by atoms with van der Waals surface area (Å²) in [5.41, 5.74) is 2.34. The summed E-state index contributed by atoms with van der Waals surface area (Å²) < 4.78 is 0. The third-order valence-corrected chi connectivity index (χ3v) is 5.03. The third-order valence-electron chi connectivity index (χ3n) is 3.60. The Balaban J connectivity index is 1.86. The fourth-order valence-corrected chi connectivity index (χ4v) is 4.01. The predicted molar refractivity (Wildman–Crippen MR) is 98.9 cm³/mol. The summed E-state index contributed by atoms with van der Waals surface area (Å²) >= 11 is 13.7. The first-order valence-corrected chi connectivity index (χ1v) is 8.64. The predicted octanol–water partition coefficient (Wildman–Crippen LogP) is 5.02. The van der Waals surface area contributed by atoms with Crippen molar-refractivity contribution in [2.45, 2.75) is 0 Å². The minimum Gasteiger partial charge on any atom is -0.321 e. The first kappa shape index (κ1) is 15.3. The molecule has 1 N–H and O–H groups in total. The number of hydrogen-bond donors (Lipinski definition) is 1. The second kappa shape index (κ2) is 6.02. The Morgan fingerprint density at radius 3 is 2.62 bits per heavy atom. The molecular formula is C17H9Cl2N3OS. The molecule has 0 aliphatic rings. The van der Waals surface area contributed by atoms with Crippen LogP contribution in [0.4, 0.5) is 0 Å². The highest BCUT2D eigenvalue weighted by Gasteiger charge is 2.15. The SMILES string of the molecule is O=c1[nH]c2ccccc2cc1-c1csc(-c2c(Cl)cncc2Cl)n1. The summed E-state index contributed by atoms with van der Waals surface area (Å²) in [6.07, 6.45) is 3.04. The summed E-state index contributed by atoms with van der Waals surface area (Å²) in [5.74, 6) is 0. The number of halogens is 2. The van der Waals surface area contributed by atoms with Gasteiger partial charge in [-0.2, -0.15) is 0 Å². The van der Waals surface area contributed by atoms with Crippen LogP contribution in [0.2, 0.25) is 10.0 Å². The Kier molecular flexibility index (Phi) is 3.84. The molecule has 0 aliphatic carbocycles. The van der Waals surface area contributed by atoms with Crippen LogP contribution < -0.4 is 5.56 Å². The van der Waals surface area contributed by atoms with Crippen molar-refractivity contribution in [2.75, 3.05) is 0 Å². The van der Waals surface area contributed by atoms with Gasteiger partial charge in [0.05, 0.1) is 26.9 Å². The zero-order chi connectivity index (χ0) is 16.7. The summed E-state index contributed by atoms with van der Waals surface area (Å²) in [7, 11) is 0. The Labute approximate surface area is 150 Å². The summed E-state index contributed by atoms with van der Waals surface area (Å²) in [6.45, 7) is 0. The van der Waals surface area contributed by atoms with Gasteiger partial charge in [0.25, 0.3) is 5.56 Å². The number of aromatic nitrogens is 3. The van der Waals surface area contributed by atoms with E-state index < -0.39 is 0 Å². The Morgan fingerprint density at radius 1 is 1.08 bits per heavy atom. The number of rotatable bonds is 2. The normalized spacial score (nSPS) is 11.1. The molecule has 4 aromatic rings. The Morgan fingerprint density at radius 2 is 1.83 bits per heavy atom. The largest absolute Gasteiger partial charge is 0.321 e. The zero-order valence-electron chi connectivity index (χ0n) is 12.1. The van der Waals surface area contributed by atoms with E-state index in [0.717, 1.165) is 10.9 Å². The van der Waals surface area contributed by atoms with Crippen molar-refractivity contribution in [1.29, 1.82) is 0 Å². The molecule has 3 heterocycles. The van der Waals surface area contributed by atoms with Crippen LogP contribution in [0.5, 0.6) is 0 Å². The molecule has 0 fully saturated rings. The Bertz CT molecular complexity index is 1100. The van der Waals surface area contributed by atoms with Crippen LogP contribution >= 0.6 is 34.5 Å². The van der Waals surface area contributed by atoms with Gasteiger partial charge in [0.15, 0.2) is 0 Å². The monoisotopic (exact) mass is 373 g/mol. The van der Waals surface area contributed by atoms with Gasteiger partial charge < -0.3 is 4.98 Å². The van der Waals surface area contributed by atoms with E-state index in [4.69, 9.17) is 23.2 Å². The number of nitrogens with one attached hydrogen (secondary N) is 1. The molecule has 0 saturated heterocycles. The molecule has 0 unspecified atom stereocenters. The van der Waals surface area contributed by atoms with Gasteiger partial charge >= 0.3 is 0 Å². The van der Waals surface area contributed by atoms with E-state index in [9.17, 15) is 4.79 Å². The lowest BCUT2D eigenvalue weighted by Crippen LogP contribution is -2.08. The van der Waals surface area contributed by atoms with Crippen molar-refractivity contribution in [1.82, 2.24) is 15.0 Å². The van der Waals surface area contributed by atoms with Crippen LogP contribution in [-0.2, 0) is 0 Å². The van der Waals surface area contributed by atoms with Gasteiger partial charge in [-0.3, -0.25) is 9.78 Å². The van der Waals surface area contributed by atoms with Crippen LogP contribution in [0.1, 0.15) is 0 Å². The number of H-pyrrole nitrogens is 1. The van der Waals surface area contributed by atoms with E-state index in [1.165, 1.54) is 23.7 Å². The zero-order valence-corrected chi connectivity index (χ0v) is 14.4. The van der Waals surface area contributed by atoms with Crippen LogP contribution in [-0.4, -0.2) is 15.0 Å². The molecule has 4 nitrogen and oxygen atoms in total.